The zero-order chi connectivity index (χ0) is 11.1. The molecule has 2 heteroatoms. The quantitative estimate of drug-likeness (QED) is 0.553. The van der Waals surface area contributed by atoms with Crippen molar-refractivity contribution in [2.75, 3.05) is 7.11 Å². The molecule has 1 unspecified atom stereocenters. The van der Waals surface area contributed by atoms with E-state index in [4.69, 9.17) is 4.74 Å². The largest absolute Gasteiger partial charge is 0.368 e. The molecule has 1 rings (SSSR count). The van der Waals surface area contributed by atoms with Crippen molar-refractivity contribution in [3.63, 3.8) is 0 Å². The first-order chi connectivity index (χ1) is 7.27. The van der Waals surface area contributed by atoms with Crippen molar-refractivity contribution in [3.8, 4) is 11.8 Å². The molecule has 0 saturated heterocycles. The summed E-state index contributed by atoms with van der Waals surface area (Å²) >= 11 is 0. The maximum Gasteiger partial charge on any atom is 0.124 e. The van der Waals surface area contributed by atoms with Crippen LogP contribution in [0.2, 0.25) is 0 Å². The summed E-state index contributed by atoms with van der Waals surface area (Å²) in [6.07, 6.45) is 0.831. The van der Waals surface area contributed by atoms with Gasteiger partial charge in [0.1, 0.15) is 12.4 Å². The van der Waals surface area contributed by atoms with Gasteiger partial charge in [0.25, 0.3) is 0 Å². The fourth-order valence-electron chi connectivity index (χ4n) is 1.17. The van der Waals surface area contributed by atoms with Crippen molar-refractivity contribution in [3.05, 3.63) is 35.4 Å². The van der Waals surface area contributed by atoms with Crippen LogP contribution in [0.15, 0.2) is 24.3 Å². The average Bonchev–Trinajstić information content (AvgIpc) is 2.26. The van der Waals surface area contributed by atoms with Crippen molar-refractivity contribution < 1.29 is 9.53 Å². The van der Waals surface area contributed by atoms with Gasteiger partial charge in [-0.15, -0.1) is 0 Å². The average molecular weight is 202 g/mol. The Hall–Kier alpha value is -1.59. The third-order valence-corrected chi connectivity index (χ3v) is 2.11. The summed E-state index contributed by atoms with van der Waals surface area (Å²) in [5.74, 6) is 5.94. The fourth-order valence-corrected chi connectivity index (χ4v) is 1.17. The molecule has 78 valence electrons. The van der Waals surface area contributed by atoms with E-state index in [1.807, 2.05) is 31.2 Å². The molecule has 0 amide bonds. The van der Waals surface area contributed by atoms with Crippen molar-refractivity contribution in [2.45, 2.75) is 19.4 Å². The number of carbonyl (C=O) groups excluding carboxylic acids is 1. The Kier molecular flexibility index (Phi) is 4.59. The smallest absolute Gasteiger partial charge is 0.124 e. The van der Waals surface area contributed by atoms with E-state index in [1.54, 1.807) is 7.11 Å². The molecular weight excluding hydrogens is 188 g/mol. The van der Waals surface area contributed by atoms with Gasteiger partial charge in [-0.25, -0.2) is 0 Å². The molecule has 0 radical (unpaired) electrons. The second-order valence-electron chi connectivity index (χ2n) is 3.21. The Morgan fingerprint density at radius 2 is 2.20 bits per heavy atom. The van der Waals surface area contributed by atoms with Gasteiger partial charge in [-0.1, -0.05) is 30.0 Å². The molecule has 0 fully saturated rings. The summed E-state index contributed by atoms with van der Waals surface area (Å²) < 4.78 is 5.05. The van der Waals surface area contributed by atoms with E-state index in [0.29, 0.717) is 6.42 Å². The first kappa shape index (κ1) is 11.5. The van der Waals surface area contributed by atoms with Gasteiger partial charge in [-0.2, -0.15) is 0 Å². The summed E-state index contributed by atoms with van der Waals surface area (Å²) in [5, 5.41) is 0. The van der Waals surface area contributed by atoms with E-state index in [-0.39, 0.29) is 6.10 Å². The minimum Gasteiger partial charge on any atom is -0.368 e. The summed E-state index contributed by atoms with van der Waals surface area (Å²) in [6, 6.07) is 7.87. The van der Waals surface area contributed by atoms with Crippen molar-refractivity contribution in [2.24, 2.45) is 0 Å². The van der Waals surface area contributed by atoms with Gasteiger partial charge < -0.3 is 9.53 Å². The molecule has 0 bridgehead atoms. The molecule has 0 N–H and O–H groups in total. The number of hydrogen-bond acceptors (Lipinski definition) is 2. The van der Waals surface area contributed by atoms with Crippen LogP contribution in [-0.4, -0.2) is 19.5 Å². The third-order valence-electron chi connectivity index (χ3n) is 2.11. The fraction of sp³-hybridized carbons (Fsp3) is 0.308. The molecule has 0 saturated carbocycles. The molecule has 0 heterocycles. The molecular formula is C13H14O2. The number of ether oxygens (including phenoxy) is 1. The predicted octanol–water partition coefficient (Wildman–Crippen LogP) is 1.95. The van der Waals surface area contributed by atoms with Crippen LogP contribution >= 0.6 is 0 Å². The molecule has 0 aliphatic rings. The van der Waals surface area contributed by atoms with E-state index in [0.717, 1.165) is 17.4 Å². The molecule has 0 aliphatic heterocycles. The standard InChI is InChI=1S/C13H14O2/c1-11-5-3-4-6-12(11)7-8-13(15-2)9-10-14/h3-6,10,13H,9H2,1-2H3. The minimum absolute atomic E-state index is 0.304. The van der Waals surface area contributed by atoms with Crippen LogP contribution in [0, 0.1) is 18.8 Å². The lowest BCUT2D eigenvalue weighted by Gasteiger charge is -2.02. The van der Waals surface area contributed by atoms with Gasteiger partial charge in [0.15, 0.2) is 0 Å². The van der Waals surface area contributed by atoms with Crippen LogP contribution in [0.25, 0.3) is 0 Å². The van der Waals surface area contributed by atoms with E-state index < -0.39 is 0 Å². The lowest BCUT2D eigenvalue weighted by molar-refractivity contribution is -0.109. The highest BCUT2D eigenvalue weighted by atomic mass is 16.5. The highest BCUT2D eigenvalue weighted by Gasteiger charge is 2.00. The van der Waals surface area contributed by atoms with Crippen molar-refractivity contribution >= 4 is 6.29 Å². The van der Waals surface area contributed by atoms with Gasteiger partial charge in [0.05, 0.1) is 0 Å². The number of aldehydes is 1. The Morgan fingerprint density at radius 3 is 2.80 bits per heavy atom. The predicted molar refractivity (Wildman–Crippen MR) is 59.5 cm³/mol. The third kappa shape index (κ3) is 3.57. The second kappa shape index (κ2) is 6.00. The summed E-state index contributed by atoms with van der Waals surface area (Å²) in [4.78, 5) is 10.3. The van der Waals surface area contributed by atoms with E-state index >= 15 is 0 Å². The number of methoxy groups -OCH3 is 1. The topological polar surface area (TPSA) is 26.3 Å². The van der Waals surface area contributed by atoms with Gasteiger partial charge in [0.2, 0.25) is 0 Å². The number of carbonyl (C=O) groups is 1. The Balaban J connectivity index is 2.80. The number of aryl methyl sites for hydroxylation is 1. The zero-order valence-electron chi connectivity index (χ0n) is 8.99. The van der Waals surface area contributed by atoms with Crippen LogP contribution in [0.1, 0.15) is 17.5 Å². The van der Waals surface area contributed by atoms with Crippen LogP contribution in [0.3, 0.4) is 0 Å². The molecule has 2 nitrogen and oxygen atoms in total. The first-order valence-electron chi connectivity index (χ1n) is 4.81. The highest BCUT2D eigenvalue weighted by molar-refractivity contribution is 5.52. The number of rotatable bonds is 3. The van der Waals surface area contributed by atoms with E-state index in [1.165, 1.54) is 0 Å². The van der Waals surface area contributed by atoms with Crippen molar-refractivity contribution in [1.29, 1.82) is 0 Å². The van der Waals surface area contributed by atoms with Gasteiger partial charge in [0, 0.05) is 19.1 Å². The molecule has 15 heavy (non-hydrogen) atoms. The number of hydrogen-bond donors (Lipinski definition) is 0. The Labute approximate surface area is 90.3 Å². The van der Waals surface area contributed by atoms with Gasteiger partial charge >= 0.3 is 0 Å². The molecule has 0 aliphatic carbocycles. The van der Waals surface area contributed by atoms with Crippen LogP contribution in [0.5, 0.6) is 0 Å². The molecule has 0 aromatic heterocycles. The van der Waals surface area contributed by atoms with E-state index in [9.17, 15) is 4.79 Å². The monoisotopic (exact) mass is 202 g/mol. The lowest BCUT2D eigenvalue weighted by Crippen LogP contribution is -2.07. The first-order valence-corrected chi connectivity index (χ1v) is 4.81. The van der Waals surface area contributed by atoms with Crippen molar-refractivity contribution in [1.82, 2.24) is 0 Å². The number of benzene rings is 1. The molecule has 1 atom stereocenters. The SMILES string of the molecule is COC(C#Cc1ccccc1C)CC=O. The van der Waals surface area contributed by atoms with Crippen LogP contribution in [0.4, 0.5) is 0 Å². The Morgan fingerprint density at radius 1 is 1.47 bits per heavy atom. The summed E-state index contributed by atoms with van der Waals surface area (Å²) in [6.45, 7) is 2.01. The second-order valence-corrected chi connectivity index (χ2v) is 3.21. The minimum atomic E-state index is -0.304. The highest BCUT2D eigenvalue weighted by Crippen LogP contribution is 2.05. The van der Waals surface area contributed by atoms with Crippen LogP contribution in [-0.2, 0) is 9.53 Å². The maximum atomic E-state index is 10.3. The summed E-state index contributed by atoms with van der Waals surface area (Å²) in [7, 11) is 1.56. The molecule has 1 aromatic carbocycles. The Bertz CT molecular complexity index is 385. The maximum absolute atomic E-state index is 10.3. The van der Waals surface area contributed by atoms with E-state index in [2.05, 4.69) is 11.8 Å². The lowest BCUT2D eigenvalue weighted by atomic mass is 10.1. The van der Waals surface area contributed by atoms with Gasteiger partial charge in [-0.05, 0) is 18.6 Å². The molecule has 0 spiro atoms. The van der Waals surface area contributed by atoms with Gasteiger partial charge in [-0.3, -0.25) is 0 Å². The molecule has 1 aromatic rings. The zero-order valence-corrected chi connectivity index (χ0v) is 8.99. The normalized spacial score (nSPS) is 11.3. The van der Waals surface area contributed by atoms with Crippen LogP contribution < -0.4 is 0 Å². The summed E-state index contributed by atoms with van der Waals surface area (Å²) in [5.41, 5.74) is 2.11.